The molecule has 49 heavy (non-hydrogen) atoms. The van der Waals surface area contributed by atoms with Crippen molar-refractivity contribution in [2.45, 2.75) is 18.3 Å². The van der Waals surface area contributed by atoms with Crippen molar-refractivity contribution in [2.75, 3.05) is 6.54 Å². The summed E-state index contributed by atoms with van der Waals surface area (Å²) in [5.74, 6) is 0. The third-order valence-corrected chi connectivity index (χ3v) is 8.98. The number of benzene rings is 5. The van der Waals surface area contributed by atoms with Gasteiger partial charge >= 0.3 is 0 Å². The Hall–Kier alpha value is -5.97. The minimum atomic E-state index is -0.371. The van der Waals surface area contributed by atoms with Crippen LogP contribution >= 0.6 is 0 Å². The van der Waals surface area contributed by atoms with Crippen molar-refractivity contribution in [1.29, 1.82) is 0 Å². The molecule has 1 aliphatic carbocycles. The fourth-order valence-corrected chi connectivity index (χ4v) is 6.67. The lowest BCUT2D eigenvalue weighted by Gasteiger charge is -2.34. The second-order valence-electron chi connectivity index (χ2n) is 11.9. The Kier molecular flexibility index (Phi) is 10.6. The van der Waals surface area contributed by atoms with Gasteiger partial charge < -0.3 is 17.2 Å². The summed E-state index contributed by atoms with van der Waals surface area (Å²) >= 11 is 0. The number of allylic oxidation sites excluding steroid dienone is 3. The highest BCUT2D eigenvalue weighted by Crippen LogP contribution is 2.55. The standard InChI is InChI=1S/C39H30N2.C6H12N2/c40-38(26-25-33-12-8-9-27-41-33)30-19-17-28(18-20-30)29-21-23-32(24-22-29)39(31-10-2-1-3-11-31)36-15-6-4-13-34(36)35-14-5-7-16-37(35)39;7-5-3-1-2-4-6-8/h1-24,26-27H,25,40H2;1-3,5H,4,6-8H2/b38-26-;2-1-,5-3-. The molecule has 6 N–H and O–H groups in total. The van der Waals surface area contributed by atoms with Crippen LogP contribution in [0.3, 0.4) is 0 Å². The molecule has 4 heteroatoms. The summed E-state index contributed by atoms with van der Waals surface area (Å²) in [6.45, 7) is 0.703. The van der Waals surface area contributed by atoms with Crippen LogP contribution in [0.5, 0.6) is 0 Å². The lowest BCUT2D eigenvalue weighted by atomic mass is 9.67. The van der Waals surface area contributed by atoms with Crippen molar-refractivity contribution < 1.29 is 0 Å². The fraction of sp³-hybridized carbons (Fsp3) is 0.0889. The number of fused-ring (bicyclic) bond motifs is 3. The van der Waals surface area contributed by atoms with Crippen LogP contribution in [0.15, 0.2) is 182 Å². The third-order valence-electron chi connectivity index (χ3n) is 8.98. The zero-order chi connectivity index (χ0) is 33.9. The van der Waals surface area contributed by atoms with Gasteiger partial charge in [0.15, 0.2) is 0 Å². The van der Waals surface area contributed by atoms with Crippen molar-refractivity contribution in [1.82, 2.24) is 4.98 Å². The van der Waals surface area contributed by atoms with Gasteiger partial charge in [-0.2, -0.15) is 0 Å². The van der Waals surface area contributed by atoms with Crippen molar-refractivity contribution >= 4 is 5.70 Å². The van der Waals surface area contributed by atoms with Crippen LogP contribution in [-0.4, -0.2) is 11.5 Å². The number of aromatic nitrogens is 1. The van der Waals surface area contributed by atoms with Gasteiger partial charge in [-0.15, -0.1) is 0 Å². The first-order valence-corrected chi connectivity index (χ1v) is 16.7. The second-order valence-corrected chi connectivity index (χ2v) is 11.9. The van der Waals surface area contributed by atoms with E-state index in [1.54, 1.807) is 6.08 Å². The molecule has 0 amide bonds. The predicted octanol–water partition coefficient (Wildman–Crippen LogP) is 9.02. The molecule has 242 valence electrons. The van der Waals surface area contributed by atoms with Gasteiger partial charge in [0.05, 0.1) is 5.41 Å². The van der Waals surface area contributed by atoms with Gasteiger partial charge in [0.25, 0.3) is 0 Å². The quantitative estimate of drug-likeness (QED) is 0.138. The van der Waals surface area contributed by atoms with Gasteiger partial charge in [0, 0.05) is 24.0 Å². The molecular formula is C45H42N4. The molecular weight excluding hydrogens is 597 g/mol. The number of pyridine rings is 1. The van der Waals surface area contributed by atoms with E-state index in [4.69, 9.17) is 17.2 Å². The van der Waals surface area contributed by atoms with Crippen LogP contribution in [0, 0.1) is 0 Å². The Bertz CT molecular complexity index is 2000. The van der Waals surface area contributed by atoms with Gasteiger partial charge in [-0.1, -0.05) is 152 Å². The molecule has 0 radical (unpaired) electrons. The smallest absolute Gasteiger partial charge is 0.0713 e. The van der Waals surface area contributed by atoms with Crippen molar-refractivity contribution in [3.8, 4) is 22.3 Å². The van der Waals surface area contributed by atoms with Crippen LogP contribution in [-0.2, 0) is 11.8 Å². The maximum absolute atomic E-state index is 6.40. The molecule has 1 aliphatic rings. The minimum absolute atomic E-state index is 0.371. The molecule has 1 heterocycles. The molecule has 0 bridgehead atoms. The molecule has 0 spiro atoms. The van der Waals surface area contributed by atoms with Crippen molar-refractivity contribution in [3.05, 3.63) is 216 Å². The van der Waals surface area contributed by atoms with E-state index < -0.39 is 0 Å². The largest absolute Gasteiger partial charge is 0.405 e. The summed E-state index contributed by atoms with van der Waals surface area (Å²) in [6.07, 6.45) is 12.6. The second kappa shape index (κ2) is 15.7. The predicted molar refractivity (Wildman–Crippen MR) is 205 cm³/mol. The Morgan fingerprint density at radius 2 is 1.18 bits per heavy atom. The van der Waals surface area contributed by atoms with E-state index in [1.807, 2.05) is 42.6 Å². The Balaban J connectivity index is 0.000000466. The average molecular weight is 639 g/mol. The number of hydrogen-bond acceptors (Lipinski definition) is 4. The van der Waals surface area contributed by atoms with E-state index in [0.29, 0.717) is 13.0 Å². The number of nitrogens with two attached hydrogens (primary N) is 3. The summed E-state index contributed by atoms with van der Waals surface area (Å²) < 4.78 is 0. The summed E-state index contributed by atoms with van der Waals surface area (Å²) in [6, 6.07) is 52.2. The van der Waals surface area contributed by atoms with E-state index in [1.165, 1.54) is 50.7 Å². The molecule has 5 aromatic carbocycles. The van der Waals surface area contributed by atoms with Gasteiger partial charge in [-0.05, 0) is 87.4 Å². The fourth-order valence-electron chi connectivity index (χ4n) is 6.67. The van der Waals surface area contributed by atoms with E-state index >= 15 is 0 Å². The van der Waals surface area contributed by atoms with E-state index in [9.17, 15) is 0 Å². The van der Waals surface area contributed by atoms with Gasteiger partial charge in [-0.3, -0.25) is 4.98 Å². The SMILES string of the molecule is N/C(=C\Cc1ccccn1)c1ccc(-c2ccc(C3(c4ccccc4)c4ccccc4-c4ccccc43)cc2)cc1.N/C=C\C=C/CCN. The average Bonchev–Trinajstić information content (AvgIpc) is 3.48. The molecule has 1 aromatic heterocycles. The van der Waals surface area contributed by atoms with Crippen LogP contribution in [0.4, 0.5) is 0 Å². The molecule has 0 aliphatic heterocycles. The van der Waals surface area contributed by atoms with E-state index in [2.05, 4.69) is 132 Å². The van der Waals surface area contributed by atoms with E-state index in [0.717, 1.165) is 23.4 Å². The summed E-state index contributed by atoms with van der Waals surface area (Å²) in [4.78, 5) is 4.38. The molecule has 0 saturated heterocycles. The lowest BCUT2D eigenvalue weighted by molar-refractivity contribution is 0.768. The first kappa shape index (κ1) is 33.0. The van der Waals surface area contributed by atoms with Gasteiger partial charge in [0.1, 0.15) is 0 Å². The Morgan fingerprint density at radius 3 is 1.78 bits per heavy atom. The van der Waals surface area contributed by atoms with Crippen LogP contribution < -0.4 is 17.2 Å². The topological polar surface area (TPSA) is 90.9 Å². The first-order valence-electron chi connectivity index (χ1n) is 16.7. The van der Waals surface area contributed by atoms with Crippen LogP contribution in [0.1, 0.15) is 39.9 Å². The van der Waals surface area contributed by atoms with Crippen LogP contribution in [0.25, 0.3) is 28.0 Å². The number of rotatable bonds is 9. The highest BCUT2D eigenvalue weighted by Gasteiger charge is 2.45. The molecule has 0 fully saturated rings. The van der Waals surface area contributed by atoms with Crippen molar-refractivity contribution in [3.63, 3.8) is 0 Å². The zero-order valence-corrected chi connectivity index (χ0v) is 27.6. The number of nitrogens with zero attached hydrogens (tertiary/aromatic N) is 1. The van der Waals surface area contributed by atoms with Gasteiger partial charge in [0.2, 0.25) is 0 Å². The van der Waals surface area contributed by atoms with Gasteiger partial charge in [-0.25, -0.2) is 0 Å². The first-order chi connectivity index (χ1) is 24.2. The summed E-state index contributed by atoms with van der Waals surface area (Å²) in [7, 11) is 0. The Labute approximate surface area is 290 Å². The zero-order valence-electron chi connectivity index (χ0n) is 27.6. The summed E-state index contributed by atoms with van der Waals surface area (Å²) in [5, 5.41) is 0. The molecule has 0 saturated carbocycles. The normalized spacial score (nSPS) is 13.1. The number of hydrogen-bond donors (Lipinski definition) is 3. The van der Waals surface area contributed by atoms with Crippen LogP contribution in [0.2, 0.25) is 0 Å². The monoisotopic (exact) mass is 638 g/mol. The Morgan fingerprint density at radius 1 is 0.612 bits per heavy atom. The minimum Gasteiger partial charge on any atom is -0.405 e. The van der Waals surface area contributed by atoms with Crippen molar-refractivity contribution in [2.24, 2.45) is 17.2 Å². The third kappa shape index (κ3) is 7.01. The van der Waals surface area contributed by atoms with E-state index in [-0.39, 0.29) is 5.41 Å². The molecule has 0 atom stereocenters. The highest BCUT2D eigenvalue weighted by molar-refractivity contribution is 5.86. The molecule has 0 unspecified atom stereocenters. The maximum Gasteiger partial charge on any atom is 0.0713 e. The summed E-state index contributed by atoms with van der Waals surface area (Å²) in [5.41, 5.74) is 29.2. The maximum atomic E-state index is 6.40. The molecule has 6 aromatic rings. The highest BCUT2D eigenvalue weighted by atomic mass is 14.7. The lowest BCUT2D eigenvalue weighted by Crippen LogP contribution is -2.28. The molecule has 4 nitrogen and oxygen atoms in total. The molecule has 7 rings (SSSR count).